The normalized spacial score (nSPS) is 10.5. The summed E-state index contributed by atoms with van der Waals surface area (Å²) in [6, 6.07) is 15.0. The number of carbonyl (C=O) groups excluding carboxylic acids is 1. The van der Waals surface area contributed by atoms with Crippen LogP contribution in [0.4, 0.5) is 11.4 Å². The molecule has 140 valence electrons. The molecule has 0 saturated carbocycles. The van der Waals surface area contributed by atoms with Gasteiger partial charge < -0.3 is 20.1 Å². The molecule has 0 atom stereocenters. The molecule has 0 bridgehead atoms. The summed E-state index contributed by atoms with van der Waals surface area (Å²) in [5, 5.41) is 5.97. The molecule has 2 aromatic rings. The molecular formula is C21H28N2O3. The van der Waals surface area contributed by atoms with E-state index in [0.717, 1.165) is 17.9 Å². The Hall–Kier alpha value is -2.69. The highest BCUT2D eigenvalue weighted by molar-refractivity contribution is 5.95. The summed E-state index contributed by atoms with van der Waals surface area (Å²) < 4.78 is 11.2. The van der Waals surface area contributed by atoms with Crippen LogP contribution in [0.5, 0.6) is 11.5 Å². The zero-order chi connectivity index (χ0) is 18.8. The fourth-order valence-corrected chi connectivity index (χ4v) is 2.31. The quantitative estimate of drug-likeness (QED) is 0.655. The van der Waals surface area contributed by atoms with Crippen LogP contribution in [0.15, 0.2) is 48.5 Å². The highest BCUT2D eigenvalue weighted by atomic mass is 16.5. The molecule has 0 fully saturated rings. The van der Waals surface area contributed by atoms with E-state index in [0.29, 0.717) is 30.6 Å². The van der Waals surface area contributed by atoms with Crippen LogP contribution >= 0.6 is 0 Å². The molecule has 0 saturated heterocycles. The van der Waals surface area contributed by atoms with Gasteiger partial charge in [-0.15, -0.1) is 0 Å². The van der Waals surface area contributed by atoms with Gasteiger partial charge in [0.1, 0.15) is 11.5 Å². The van der Waals surface area contributed by atoms with Gasteiger partial charge in [0.25, 0.3) is 0 Å². The van der Waals surface area contributed by atoms with Crippen molar-refractivity contribution in [2.24, 2.45) is 5.92 Å². The van der Waals surface area contributed by atoms with Crippen molar-refractivity contribution in [3.63, 3.8) is 0 Å². The Kier molecular flexibility index (Phi) is 7.80. The second-order valence-electron chi connectivity index (χ2n) is 6.39. The Labute approximate surface area is 155 Å². The average Bonchev–Trinajstić information content (AvgIpc) is 2.63. The maximum Gasteiger partial charge on any atom is 0.243 e. The summed E-state index contributed by atoms with van der Waals surface area (Å²) in [4.78, 5) is 12.2. The lowest BCUT2D eigenvalue weighted by molar-refractivity contribution is -0.114. The van der Waals surface area contributed by atoms with Gasteiger partial charge in [-0.25, -0.2) is 0 Å². The summed E-state index contributed by atoms with van der Waals surface area (Å²) in [5.74, 6) is 2.01. The maximum absolute atomic E-state index is 12.2. The van der Waals surface area contributed by atoms with Crippen molar-refractivity contribution in [2.45, 2.75) is 27.2 Å². The molecule has 2 N–H and O–H groups in total. The lowest BCUT2D eigenvalue weighted by Gasteiger charge is -2.12. The van der Waals surface area contributed by atoms with Crippen LogP contribution in [0.2, 0.25) is 0 Å². The number of rotatable bonds is 10. The number of amides is 1. The van der Waals surface area contributed by atoms with Gasteiger partial charge in [-0.3, -0.25) is 4.79 Å². The van der Waals surface area contributed by atoms with Crippen LogP contribution in [0.25, 0.3) is 0 Å². The Balaban J connectivity index is 1.80. The smallest absolute Gasteiger partial charge is 0.243 e. The highest BCUT2D eigenvalue weighted by Gasteiger charge is 2.07. The first kappa shape index (κ1) is 19.6. The molecule has 0 heterocycles. The minimum atomic E-state index is -0.130. The maximum atomic E-state index is 12.2. The molecule has 0 aliphatic rings. The predicted octanol–water partition coefficient (Wildman–Crippen LogP) is 4.56. The molecule has 0 aliphatic carbocycles. The first-order valence-electron chi connectivity index (χ1n) is 9.07. The SMILES string of the molecule is CCOc1ccccc1NC(=O)CNc1ccc(OCCC(C)C)cc1. The third kappa shape index (κ3) is 6.67. The van der Waals surface area contributed by atoms with E-state index in [1.54, 1.807) is 0 Å². The lowest BCUT2D eigenvalue weighted by Crippen LogP contribution is -2.22. The largest absolute Gasteiger partial charge is 0.494 e. The topological polar surface area (TPSA) is 59.6 Å². The van der Waals surface area contributed by atoms with E-state index in [9.17, 15) is 4.79 Å². The van der Waals surface area contributed by atoms with Crippen LogP contribution in [-0.2, 0) is 4.79 Å². The zero-order valence-electron chi connectivity index (χ0n) is 15.7. The van der Waals surface area contributed by atoms with Crippen LogP contribution < -0.4 is 20.1 Å². The predicted molar refractivity (Wildman–Crippen MR) is 106 cm³/mol. The van der Waals surface area contributed by atoms with Crippen molar-refractivity contribution in [3.05, 3.63) is 48.5 Å². The summed E-state index contributed by atoms with van der Waals surface area (Å²) >= 11 is 0. The molecule has 0 aromatic heterocycles. The van der Waals surface area contributed by atoms with E-state index < -0.39 is 0 Å². The van der Waals surface area contributed by atoms with Gasteiger partial charge in [-0.05, 0) is 55.7 Å². The van der Waals surface area contributed by atoms with Gasteiger partial charge in [0.15, 0.2) is 0 Å². The molecule has 5 heteroatoms. The second-order valence-corrected chi connectivity index (χ2v) is 6.39. The van der Waals surface area contributed by atoms with E-state index in [2.05, 4.69) is 24.5 Å². The Bertz CT molecular complexity index is 684. The molecule has 0 radical (unpaired) electrons. The number of benzene rings is 2. The van der Waals surface area contributed by atoms with Gasteiger partial charge >= 0.3 is 0 Å². The second kappa shape index (κ2) is 10.3. The first-order valence-corrected chi connectivity index (χ1v) is 9.07. The number of para-hydroxylation sites is 2. The Morgan fingerprint density at radius 3 is 2.46 bits per heavy atom. The third-order valence-corrected chi connectivity index (χ3v) is 3.73. The zero-order valence-corrected chi connectivity index (χ0v) is 15.7. The Morgan fingerprint density at radius 2 is 1.77 bits per heavy atom. The van der Waals surface area contributed by atoms with Gasteiger partial charge in [0.05, 0.1) is 25.4 Å². The van der Waals surface area contributed by atoms with Crippen LogP contribution in [0, 0.1) is 5.92 Å². The van der Waals surface area contributed by atoms with E-state index in [-0.39, 0.29) is 12.5 Å². The molecule has 0 spiro atoms. The molecule has 1 amide bonds. The fraction of sp³-hybridized carbons (Fsp3) is 0.381. The minimum absolute atomic E-state index is 0.130. The summed E-state index contributed by atoms with van der Waals surface area (Å²) in [5.41, 5.74) is 1.55. The van der Waals surface area contributed by atoms with Crippen LogP contribution in [0.1, 0.15) is 27.2 Å². The fourth-order valence-electron chi connectivity index (χ4n) is 2.31. The van der Waals surface area contributed by atoms with E-state index in [4.69, 9.17) is 9.47 Å². The molecule has 2 aromatic carbocycles. The van der Waals surface area contributed by atoms with Crippen LogP contribution in [-0.4, -0.2) is 25.7 Å². The van der Waals surface area contributed by atoms with Crippen LogP contribution in [0.3, 0.4) is 0 Å². The number of ether oxygens (including phenoxy) is 2. The highest BCUT2D eigenvalue weighted by Crippen LogP contribution is 2.23. The summed E-state index contributed by atoms with van der Waals surface area (Å²) in [7, 11) is 0. The number of hydrogen-bond acceptors (Lipinski definition) is 4. The number of carbonyl (C=O) groups is 1. The number of hydrogen-bond donors (Lipinski definition) is 2. The van der Waals surface area contributed by atoms with Crippen molar-refractivity contribution in [3.8, 4) is 11.5 Å². The molecule has 0 unspecified atom stereocenters. The van der Waals surface area contributed by atoms with Crippen molar-refractivity contribution < 1.29 is 14.3 Å². The molecular weight excluding hydrogens is 328 g/mol. The monoisotopic (exact) mass is 356 g/mol. The lowest BCUT2D eigenvalue weighted by atomic mass is 10.1. The van der Waals surface area contributed by atoms with E-state index in [1.807, 2.05) is 55.5 Å². The molecule has 2 rings (SSSR count). The standard InChI is InChI=1S/C21H28N2O3/c1-4-25-20-8-6-5-7-19(20)23-21(24)15-22-17-9-11-18(12-10-17)26-14-13-16(2)3/h5-12,16,22H,4,13-15H2,1-3H3,(H,23,24). The minimum Gasteiger partial charge on any atom is -0.494 e. The van der Waals surface area contributed by atoms with Gasteiger partial charge in [0.2, 0.25) is 5.91 Å². The van der Waals surface area contributed by atoms with Crippen molar-refractivity contribution in [2.75, 3.05) is 30.4 Å². The van der Waals surface area contributed by atoms with Gasteiger partial charge in [-0.1, -0.05) is 26.0 Å². The van der Waals surface area contributed by atoms with Crippen molar-refractivity contribution in [1.82, 2.24) is 0 Å². The van der Waals surface area contributed by atoms with E-state index in [1.165, 1.54) is 0 Å². The Morgan fingerprint density at radius 1 is 1.04 bits per heavy atom. The molecule has 5 nitrogen and oxygen atoms in total. The van der Waals surface area contributed by atoms with Crippen molar-refractivity contribution in [1.29, 1.82) is 0 Å². The summed E-state index contributed by atoms with van der Waals surface area (Å²) in [6.07, 6.45) is 1.03. The van der Waals surface area contributed by atoms with E-state index >= 15 is 0 Å². The first-order chi connectivity index (χ1) is 12.6. The third-order valence-electron chi connectivity index (χ3n) is 3.73. The molecule has 26 heavy (non-hydrogen) atoms. The van der Waals surface area contributed by atoms with Gasteiger partial charge in [0, 0.05) is 5.69 Å². The van der Waals surface area contributed by atoms with Crippen molar-refractivity contribution >= 4 is 17.3 Å². The molecule has 0 aliphatic heterocycles. The number of nitrogens with one attached hydrogen (secondary N) is 2. The summed E-state index contributed by atoms with van der Waals surface area (Å²) in [6.45, 7) is 7.70. The average molecular weight is 356 g/mol. The number of anilines is 2. The van der Waals surface area contributed by atoms with Gasteiger partial charge in [-0.2, -0.15) is 0 Å².